The zero-order valence-electron chi connectivity index (χ0n) is 16.1. The molecular formula is C23H23N3O2. The van der Waals surface area contributed by atoms with Crippen LogP contribution in [0, 0.1) is 11.3 Å². The number of fused-ring (bicyclic) bond motifs is 1. The summed E-state index contributed by atoms with van der Waals surface area (Å²) < 4.78 is 0. The molecule has 2 aromatic carbocycles. The van der Waals surface area contributed by atoms with Crippen LogP contribution < -0.4 is 10.2 Å². The van der Waals surface area contributed by atoms with Gasteiger partial charge < -0.3 is 10.2 Å². The van der Waals surface area contributed by atoms with Gasteiger partial charge in [0.05, 0.1) is 17.3 Å². The molecule has 0 saturated carbocycles. The third kappa shape index (κ3) is 3.67. The Morgan fingerprint density at radius 1 is 1.14 bits per heavy atom. The van der Waals surface area contributed by atoms with E-state index in [1.54, 1.807) is 11.0 Å². The number of benzene rings is 2. The molecule has 0 aliphatic carbocycles. The summed E-state index contributed by atoms with van der Waals surface area (Å²) >= 11 is 0. The van der Waals surface area contributed by atoms with Gasteiger partial charge in [0.1, 0.15) is 11.6 Å². The van der Waals surface area contributed by atoms with Crippen molar-refractivity contribution in [2.45, 2.75) is 32.7 Å². The van der Waals surface area contributed by atoms with Crippen molar-refractivity contribution in [3.8, 4) is 6.07 Å². The lowest BCUT2D eigenvalue weighted by atomic mass is 10.0. The van der Waals surface area contributed by atoms with Gasteiger partial charge in [0.2, 0.25) is 0 Å². The minimum Gasteiger partial charge on any atom is -0.345 e. The van der Waals surface area contributed by atoms with Crippen molar-refractivity contribution in [1.29, 1.82) is 5.26 Å². The Morgan fingerprint density at radius 2 is 1.82 bits per heavy atom. The lowest BCUT2D eigenvalue weighted by Crippen LogP contribution is -2.31. The Kier molecular flexibility index (Phi) is 5.90. The van der Waals surface area contributed by atoms with Crippen LogP contribution in [0.5, 0.6) is 0 Å². The van der Waals surface area contributed by atoms with Crippen LogP contribution in [0.4, 0.5) is 5.69 Å². The van der Waals surface area contributed by atoms with E-state index in [1.807, 2.05) is 61.5 Å². The van der Waals surface area contributed by atoms with Gasteiger partial charge >= 0.3 is 0 Å². The molecule has 1 unspecified atom stereocenters. The lowest BCUT2D eigenvalue weighted by molar-refractivity contribution is -0.118. The number of unbranched alkanes of at least 4 members (excludes halogenated alkanes) is 1. The molecule has 0 saturated heterocycles. The molecule has 2 amide bonds. The number of carbonyl (C=O) groups excluding carboxylic acids is 2. The van der Waals surface area contributed by atoms with Crippen molar-refractivity contribution in [3.05, 3.63) is 71.3 Å². The van der Waals surface area contributed by atoms with Gasteiger partial charge in [-0.25, -0.2) is 0 Å². The van der Waals surface area contributed by atoms with E-state index in [0.29, 0.717) is 12.1 Å². The van der Waals surface area contributed by atoms with Crippen molar-refractivity contribution < 1.29 is 9.59 Å². The molecule has 1 heterocycles. The van der Waals surface area contributed by atoms with Gasteiger partial charge in [0.15, 0.2) is 0 Å². The highest BCUT2D eigenvalue weighted by molar-refractivity contribution is 6.37. The molecule has 1 atom stereocenters. The number of rotatable bonds is 6. The summed E-state index contributed by atoms with van der Waals surface area (Å²) in [4.78, 5) is 27.6. The summed E-state index contributed by atoms with van der Waals surface area (Å²) in [6.07, 6.45) is 1.80. The molecule has 3 rings (SSSR count). The number of nitrogens with one attached hydrogen (secondary N) is 1. The Bertz CT molecular complexity index is 957. The summed E-state index contributed by atoms with van der Waals surface area (Å²) in [6, 6.07) is 18.5. The molecule has 0 fully saturated rings. The van der Waals surface area contributed by atoms with Gasteiger partial charge in [-0.2, -0.15) is 5.26 Å². The monoisotopic (exact) mass is 373 g/mol. The first-order valence-corrected chi connectivity index (χ1v) is 9.50. The molecule has 2 aromatic rings. The van der Waals surface area contributed by atoms with Gasteiger partial charge in [-0.3, -0.25) is 9.59 Å². The van der Waals surface area contributed by atoms with Crippen LogP contribution >= 0.6 is 0 Å². The second-order valence-corrected chi connectivity index (χ2v) is 6.80. The first kappa shape index (κ1) is 19.4. The first-order chi connectivity index (χ1) is 13.6. The van der Waals surface area contributed by atoms with Gasteiger partial charge in [-0.1, -0.05) is 61.9 Å². The molecule has 28 heavy (non-hydrogen) atoms. The third-order valence-electron chi connectivity index (χ3n) is 4.89. The van der Waals surface area contributed by atoms with Crippen LogP contribution in [-0.2, 0) is 9.59 Å². The molecule has 0 aromatic heterocycles. The van der Waals surface area contributed by atoms with Crippen LogP contribution in [0.15, 0.2) is 60.2 Å². The average Bonchev–Trinajstić information content (AvgIpc) is 2.99. The topological polar surface area (TPSA) is 73.2 Å². The standard InChI is InChI=1S/C23H23N3O2/c1-3-4-14-26-20-13-9-8-12-18(20)21(23(26)28)19(15-24)22(27)25-16(2)17-10-6-5-7-11-17/h5-13,16H,3-4,14H2,1-2H3,(H,25,27). The molecular weight excluding hydrogens is 350 g/mol. The molecule has 1 aliphatic heterocycles. The van der Waals surface area contributed by atoms with Crippen LogP contribution in [0.25, 0.3) is 5.57 Å². The number of hydrogen-bond donors (Lipinski definition) is 1. The van der Waals surface area contributed by atoms with E-state index in [4.69, 9.17) is 0 Å². The zero-order valence-corrected chi connectivity index (χ0v) is 16.1. The fraction of sp³-hybridized carbons (Fsp3) is 0.261. The van der Waals surface area contributed by atoms with E-state index in [9.17, 15) is 14.9 Å². The normalized spacial score (nSPS) is 15.6. The van der Waals surface area contributed by atoms with E-state index >= 15 is 0 Å². The van der Waals surface area contributed by atoms with Gasteiger partial charge in [0, 0.05) is 12.1 Å². The number of nitrogens with zero attached hydrogens (tertiary/aromatic N) is 2. The van der Waals surface area contributed by atoms with Crippen LogP contribution in [0.1, 0.15) is 43.9 Å². The summed E-state index contributed by atoms with van der Waals surface area (Å²) in [5.41, 5.74) is 2.38. The number of nitriles is 1. The molecule has 5 heteroatoms. The van der Waals surface area contributed by atoms with Crippen molar-refractivity contribution in [2.75, 3.05) is 11.4 Å². The molecule has 0 radical (unpaired) electrons. The molecule has 1 aliphatic rings. The number of anilines is 1. The number of hydrogen-bond acceptors (Lipinski definition) is 3. The number of para-hydroxylation sites is 1. The highest BCUT2D eigenvalue weighted by atomic mass is 16.2. The van der Waals surface area contributed by atoms with Crippen molar-refractivity contribution in [1.82, 2.24) is 5.32 Å². The highest BCUT2D eigenvalue weighted by Crippen LogP contribution is 2.38. The molecule has 0 bridgehead atoms. The highest BCUT2D eigenvalue weighted by Gasteiger charge is 2.36. The molecule has 5 nitrogen and oxygen atoms in total. The fourth-order valence-corrected chi connectivity index (χ4v) is 3.37. The van der Waals surface area contributed by atoms with E-state index in [1.165, 1.54) is 0 Å². The number of carbonyl (C=O) groups is 2. The largest absolute Gasteiger partial charge is 0.345 e. The SMILES string of the molecule is CCCCN1C(=O)C(=C(C#N)C(=O)NC(C)c2ccccc2)c2ccccc21. The molecule has 1 N–H and O–H groups in total. The maximum Gasteiger partial charge on any atom is 0.263 e. The lowest BCUT2D eigenvalue weighted by Gasteiger charge is -2.16. The minimum absolute atomic E-state index is 0.140. The Balaban J connectivity index is 1.96. The first-order valence-electron chi connectivity index (χ1n) is 9.50. The van der Waals surface area contributed by atoms with Crippen molar-refractivity contribution in [3.63, 3.8) is 0 Å². The molecule has 0 spiro atoms. The predicted molar refractivity (Wildman–Crippen MR) is 109 cm³/mol. The third-order valence-corrected chi connectivity index (χ3v) is 4.89. The van der Waals surface area contributed by atoms with Crippen LogP contribution in [0.2, 0.25) is 0 Å². The van der Waals surface area contributed by atoms with Crippen molar-refractivity contribution in [2.24, 2.45) is 0 Å². The maximum atomic E-state index is 13.1. The molecule has 142 valence electrons. The summed E-state index contributed by atoms with van der Waals surface area (Å²) in [5, 5.41) is 12.5. The quantitative estimate of drug-likeness (QED) is 0.615. The van der Waals surface area contributed by atoms with E-state index < -0.39 is 5.91 Å². The summed E-state index contributed by atoms with van der Waals surface area (Å²) in [7, 11) is 0. The van der Waals surface area contributed by atoms with Gasteiger partial charge in [0.25, 0.3) is 11.8 Å². The van der Waals surface area contributed by atoms with Crippen molar-refractivity contribution >= 4 is 23.1 Å². The second-order valence-electron chi connectivity index (χ2n) is 6.80. The Hall–Kier alpha value is -3.39. The van der Waals surface area contributed by atoms with E-state index in [2.05, 4.69) is 12.2 Å². The number of amides is 2. The van der Waals surface area contributed by atoms with E-state index in [0.717, 1.165) is 24.1 Å². The maximum absolute atomic E-state index is 13.1. The smallest absolute Gasteiger partial charge is 0.263 e. The van der Waals surface area contributed by atoms with Crippen LogP contribution in [-0.4, -0.2) is 18.4 Å². The summed E-state index contributed by atoms with van der Waals surface area (Å²) in [6.45, 7) is 4.48. The zero-order chi connectivity index (χ0) is 20.1. The van der Waals surface area contributed by atoms with Crippen LogP contribution in [0.3, 0.4) is 0 Å². The van der Waals surface area contributed by atoms with E-state index in [-0.39, 0.29) is 23.1 Å². The summed E-state index contributed by atoms with van der Waals surface area (Å²) in [5.74, 6) is -0.817. The Labute approximate surface area is 165 Å². The van der Waals surface area contributed by atoms with Gasteiger partial charge in [-0.15, -0.1) is 0 Å². The minimum atomic E-state index is -0.533. The fourth-order valence-electron chi connectivity index (χ4n) is 3.37. The second kappa shape index (κ2) is 8.53. The average molecular weight is 373 g/mol. The van der Waals surface area contributed by atoms with Gasteiger partial charge in [-0.05, 0) is 25.0 Å². The predicted octanol–water partition coefficient (Wildman–Crippen LogP) is 3.99. The Morgan fingerprint density at radius 3 is 2.50 bits per heavy atom.